The average Bonchev–Trinajstić information content (AvgIpc) is 3.15. The predicted octanol–water partition coefficient (Wildman–Crippen LogP) is 6.45. The van der Waals surface area contributed by atoms with Gasteiger partial charge in [0.25, 0.3) is 5.91 Å². The number of thioether (sulfide) groups is 1. The highest BCUT2D eigenvalue weighted by molar-refractivity contribution is 7.98. The van der Waals surface area contributed by atoms with Gasteiger partial charge in [0, 0.05) is 22.8 Å². The molecule has 1 amide bonds. The van der Waals surface area contributed by atoms with E-state index in [1.54, 1.807) is 23.9 Å². The molecule has 0 aliphatic heterocycles. The summed E-state index contributed by atoms with van der Waals surface area (Å²) in [5.74, 6) is 2.23. The third kappa shape index (κ3) is 5.81. The highest BCUT2D eigenvalue weighted by Crippen LogP contribution is 2.29. The minimum absolute atomic E-state index is 0.136. The van der Waals surface area contributed by atoms with Crippen LogP contribution in [0.3, 0.4) is 0 Å². The van der Waals surface area contributed by atoms with E-state index in [9.17, 15) is 9.18 Å². The number of rotatable bonds is 8. The Kier molecular flexibility index (Phi) is 7.10. The lowest BCUT2D eigenvalue weighted by Crippen LogP contribution is -2.23. The lowest BCUT2D eigenvalue weighted by Gasteiger charge is -2.11. The van der Waals surface area contributed by atoms with Gasteiger partial charge in [0.05, 0.1) is 11.3 Å². The van der Waals surface area contributed by atoms with Crippen molar-refractivity contribution in [3.8, 4) is 11.5 Å². The van der Waals surface area contributed by atoms with E-state index in [-0.39, 0.29) is 11.7 Å². The van der Waals surface area contributed by atoms with Gasteiger partial charge in [-0.25, -0.2) is 4.39 Å². The summed E-state index contributed by atoms with van der Waals surface area (Å²) >= 11 is 1.59. The molecule has 168 valence electrons. The highest BCUT2D eigenvalue weighted by Gasteiger charge is 2.14. The van der Waals surface area contributed by atoms with Crippen molar-refractivity contribution in [2.45, 2.75) is 31.0 Å². The number of carbonyl (C=O) groups is 1. The van der Waals surface area contributed by atoms with Crippen LogP contribution in [-0.4, -0.2) is 11.1 Å². The van der Waals surface area contributed by atoms with E-state index >= 15 is 0 Å². The molecule has 0 aliphatic rings. The van der Waals surface area contributed by atoms with E-state index in [0.29, 0.717) is 29.4 Å². The Labute approximate surface area is 196 Å². The number of amides is 1. The number of benzene rings is 3. The van der Waals surface area contributed by atoms with Crippen LogP contribution in [0.25, 0.3) is 0 Å². The second-order valence-electron chi connectivity index (χ2n) is 7.47. The lowest BCUT2D eigenvalue weighted by molar-refractivity contribution is 0.0948. The summed E-state index contributed by atoms with van der Waals surface area (Å²) < 4.78 is 24.0. The number of aromatic nitrogens is 1. The van der Waals surface area contributed by atoms with Crippen molar-refractivity contribution >= 4 is 17.7 Å². The topological polar surface area (TPSA) is 64.4 Å². The Bertz CT molecular complexity index is 1220. The van der Waals surface area contributed by atoms with E-state index in [2.05, 4.69) is 10.5 Å². The molecule has 3 aromatic carbocycles. The van der Waals surface area contributed by atoms with Gasteiger partial charge in [-0.1, -0.05) is 29.4 Å². The van der Waals surface area contributed by atoms with Crippen LogP contribution in [0.4, 0.5) is 4.39 Å². The van der Waals surface area contributed by atoms with Crippen molar-refractivity contribution in [2.24, 2.45) is 0 Å². The molecule has 0 radical (unpaired) electrons. The quantitative estimate of drug-likeness (QED) is 0.305. The van der Waals surface area contributed by atoms with Gasteiger partial charge in [-0.3, -0.25) is 4.79 Å². The van der Waals surface area contributed by atoms with Crippen LogP contribution in [0.5, 0.6) is 11.5 Å². The van der Waals surface area contributed by atoms with Crippen molar-refractivity contribution in [1.82, 2.24) is 10.5 Å². The first-order valence-electron chi connectivity index (χ1n) is 10.4. The molecule has 33 heavy (non-hydrogen) atoms. The van der Waals surface area contributed by atoms with Gasteiger partial charge in [-0.2, -0.15) is 0 Å². The molecule has 0 bridgehead atoms. The van der Waals surface area contributed by atoms with Crippen molar-refractivity contribution in [3.05, 3.63) is 107 Å². The molecular weight excluding hydrogens is 439 g/mol. The standard InChI is InChI=1S/C26H23FN2O3S/c1-17-24(18(2)32-29-17)16-33-25-6-4-3-5-23(25)26(30)28-15-19-7-11-21(12-8-19)31-22-13-9-20(27)10-14-22/h3-14H,15-16H2,1-2H3,(H,28,30). The first-order chi connectivity index (χ1) is 16.0. The molecule has 0 atom stereocenters. The minimum atomic E-state index is -0.308. The molecular formula is C26H23FN2O3S. The maximum absolute atomic E-state index is 13.0. The summed E-state index contributed by atoms with van der Waals surface area (Å²) in [6, 6.07) is 20.8. The molecule has 1 heterocycles. The third-order valence-electron chi connectivity index (χ3n) is 5.11. The van der Waals surface area contributed by atoms with Crippen LogP contribution in [-0.2, 0) is 12.3 Å². The normalized spacial score (nSPS) is 10.8. The molecule has 0 aliphatic carbocycles. The zero-order valence-electron chi connectivity index (χ0n) is 18.3. The number of halogens is 1. The molecule has 0 fully saturated rings. The van der Waals surface area contributed by atoms with Gasteiger partial charge in [0.2, 0.25) is 0 Å². The Morgan fingerprint density at radius 2 is 1.67 bits per heavy atom. The van der Waals surface area contributed by atoms with Crippen LogP contribution in [0.1, 0.15) is 32.9 Å². The molecule has 0 unspecified atom stereocenters. The molecule has 1 N–H and O–H groups in total. The molecule has 1 aromatic heterocycles. The zero-order valence-corrected chi connectivity index (χ0v) is 19.1. The molecule has 4 rings (SSSR count). The number of carbonyl (C=O) groups excluding carboxylic acids is 1. The van der Waals surface area contributed by atoms with E-state index in [0.717, 1.165) is 27.5 Å². The summed E-state index contributed by atoms with van der Waals surface area (Å²) in [6.07, 6.45) is 0. The molecule has 5 nitrogen and oxygen atoms in total. The van der Waals surface area contributed by atoms with Crippen molar-refractivity contribution in [1.29, 1.82) is 0 Å². The number of aryl methyl sites for hydroxylation is 2. The number of ether oxygens (including phenoxy) is 1. The Morgan fingerprint density at radius 1 is 1.00 bits per heavy atom. The molecule has 4 aromatic rings. The predicted molar refractivity (Wildman–Crippen MR) is 126 cm³/mol. The SMILES string of the molecule is Cc1noc(C)c1CSc1ccccc1C(=O)NCc1ccc(Oc2ccc(F)cc2)cc1. The molecule has 0 saturated carbocycles. The summed E-state index contributed by atoms with van der Waals surface area (Å²) in [5, 5.41) is 6.97. The Balaban J connectivity index is 1.35. The molecule has 0 spiro atoms. The third-order valence-corrected chi connectivity index (χ3v) is 6.21. The fourth-order valence-electron chi connectivity index (χ4n) is 3.23. The van der Waals surface area contributed by atoms with Crippen molar-refractivity contribution in [3.63, 3.8) is 0 Å². The van der Waals surface area contributed by atoms with E-state index in [4.69, 9.17) is 9.26 Å². The Morgan fingerprint density at radius 3 is 2.33 bits per heavy atom. The fraction of sp³-hybridized carbons (Fsp3) is 0.154. The number of hydrogen-bond donors (Lipinski definition) is 1. The van der Waals surface area contributed by atoms with Crippen molar-refractivity contribution in [2.75, 3.05) is 0 Å². The zero-order chi connectivity index (χ0) is 23.2. The molecule has 7 heteroatoms. The van der Waals surface area contributed by atoms with E-state index in [1.165, 1.54) is 12.1 Å². The fourth-order valence-corrected chi connectivity index (χ4v) is 4.43. The number of nitrogens with zero attached hydrogens (tertiary/aromatic N) is 1. The Hall–Kier alpha value is -3.58. The maximum atomic E-state index is 13.0. The van der Waals surface area contributed by atoms with Crippen LogP contribution in [0.2, 0.25) is 0 Å². The summed E-state index contributed by atoms with van der Waals surface area (Å²) in [4.78, 5) is 13.8. The largest absolute Gasteiger partial charge is 0.457 e. The van der Waals surface area contributed by atoms with Crippen molar-refractivity contribution < 1.29 is 18.4 Å². The smallest absolute Gasteiger partial charge is 0.252 e. The second-order valence-corrected chi connectivity index (χ2v) is 8.49. The van der Waals surface area contributed by atoms with Crippen LogP contribution in [0, 0.1) is 19.7 Å². The summed E-state index contributed by atoms with van der Waals surface area (Å²) in [6.45, 7) is 4.20. The van der Waals surface area contributed by atoms with Gasteiger partial charge in [-0.15, -0.1) is 11.8 Å². The van der Waals surface area contributed by atoms with Gasteiger partial charge in [-0.05, 0) is 67.9 Å². The van der Waals surface area contributed by atoms with Gasteiger partial charge in [0.15, 0.2) is 0 Å². The van der Waals surface area contributed by atoms with E-state index < -0.39 is 0 Å². The van der Waals surface area contributed by atoms with Crippen LogP contribution >= 0.6 is 11.8 Å². The maximum Gasteiger partial charge on any atom is 0.252 e. The first-order valence-corrected chi connectivity index (χ1v) is 11.4. The molecule has 0 saturated heterocycles. The van der Waals surface area contributed by atoms with Gasteiger partial charge >= 0.3 is 0 Å². The monoisotopic (exact) mass is 462 g/mol. The highest BCUT2D eigenvalue weighted by atomic mass is 32.2. The first kappa shape index (κ1) is 22.6. The van der Waals surface area contributed by atoms with Crippen LogP contribution < -0.4 is 10.1 Å². The lowest BCUT2D eigenvalue weighted by atomic mass is 10.2. The summed E-state index contributed by atoms with van der Waals surface area (Å²) in [5.41, 5.74) is 3.49. The number of nitrogens with one attached hydrogen (secondary N) is 1. The summed E-state index contributed by atoms with van der Waals surface area (Å²) in [7, 11) is 0. The van der Waals surface area contributed by atoms with E-state index in [1.807, 2.05) is 62.4 Å². The average molecular weight is 463 g/mol. The van der Waals surface area contributed by atoms with Gasteiger partial charge in [0.1, 0.15) is 23.1 Å². The number of hydrogen-bond acceptors (Lipinski definition) is 5. The minimum Gasteiger partial charge on any atom is -0.457 e. The second kappa shape index (κ2) is 10.4. The van der Waals surface area contributed by atoms with Crippen LogP contribution in [0.15, 0.2) is 82.2 Å². The van der Waals surface area contributed by atoms with Gasteiger partial charge < -0.3 is 14.6 Å².